The van der Waals surface area contributed by atoms with Gasteiger partial charge in [-0.2, -0.15) is 0 Å². The fourth-order valence-electron chi connectivity index (χ4n) is 5.85. The van der Waals surface area contributed by atoms with E-state index in [4.69, 9.17) is 9.47 Å². The van der Waals surface area contributed by atoms with E-state index in [0.29, 0.717) is 18.1 Å². The highest BCUT2D eigenvalue weighted by Crippen LogP contribution is 2.40. The number of aromatic hydroxyl groups is 2. The standard InChI is InChI=1S/C35H37NO4/c37-31-18-13-27-8-7-26-12-17-30(32(38)23-26)35-28(14-9-25-10-15-29(16-11-25)40-34(31)24-27)5-3-6-33(35)39-22-4-21-36-19-1-2-20-36/h3,5-6,10-13,15-18,23-24,37-38H,1-2,4,7-9,14,19-22H2. The van der Waals surface area contributed by atoms with Crippen molar-refractivity contribution < 1.29 is 19.7 Å². The van der Waals surface area contributed by atoms with Gasteiger partial charge in [-0.3, -0.25) is 0 Å². The van der Waals surface area contributed by atoms with E-state index in [0.717, 1.165) is 72.2 Å². The summed E-state index contributed by atoms with van der Waals surface area (Å²) in [6, 6.07) is 25.8. The normalized spacial score (nSPS) is 15.3. The smallest absolute Gasteiger partial charge is 0.169 e. The molecule has 206 valence electrons. The number of phenolic OH excluding ortho intramolecular Hbond substituents is 2. The van der Waals surface area contributed by atoms with Gasteiger partial charge in [-0.25, -0.2) is 0 Å². The van der Waals surface area contributed by atoms with Gasteiger partial charge in [0.25, 0.3) is 0 Å². The molecule has 5 aliphatic rings. The molecule has 0 radical (unpaired) electrons. The lowest BCUT2D eigenvalue weighted by Crippen LogP contribution is -2.22. The Morgan fingerprint density at radius 2 is 1.45 bits per heavy atom. The molecule has 4 aromatic rings. The summed E-state index contributed by atoms with van der Waals surface area (Å²) in [7, 11) is 0. The van der Waals surface area contributed by atoms with E-state index in [1.807, 2.05) is 42.5 Å². The number of aryl methyl sites for hydroxylation is 4. The summed E-state index contributed by atoms with van der Waals surface area (Å²) in [5, 5.41) is 21.6. The maximum Gasteiger partial charge on any atom is 0.169 e. The number of hydrogen-bond donors (Lipinski definition) is 2. The van der Waals surface area contributed by atoms with Crippen molar-refractivity contribution in [2.24, 2.45) is 0 Å². The van der Waals surface area contributed by atoms with Gasteiger partial charge in [0.15, 0.2) is 11.5 Å². The summed E-state index contributed by atoms with van der Waals surface area (Å²) in [6.07, 6.45) is 6.75. The highest BCUT2D eigenvalue weighted by molar-refractivity contribution is 5.79. The van der Waals surface area contributed by atoms with Gasteiger partial charge in [-0.05, 0) is 117 Å². The topological polar surface area (TPSA) is 62.2 Å². The molecule has 2 N–H and O–H groups in total. The van der Waals surface area contributed by atoms with E-state index in [1.165, 1.54) is 31.5 Å². The zero-order chi connectivity index (χ0) is 27.3. The van der Waals surface area contributed by atoms with Crippen LogP contribution in [0.25, 0.3) is 11.1 Å². The Bertz CT molecular complexity index is 1460. The molecule has 4 aromatic carbocycles. The fraction of sp³-hybridized carbons (Fsp3) is 0.314. The molecule has 0 aromatic heterocycles. The second-order valence-corrected chi connectivity index (χ2v) is 10.9. The number of benzene rings is 4. The quantitative estimate of drug-likeness (QED) is 0.263. The minimum absolute atomic E-state index is 0.120. The van der Waals surface area contributed by atoms with Crippen molar-refractivity contribution in [1.29, 1.82) is 0 Å². The first-order chi connectivity index (χ1) is 19.6. The average Bonchev–Trinajstić information content (AvgIpc) is 3.49. The van der Waals surface area contributed by atoms with Gasteiger partial charge in [0.05, 0.1) is 6.61 Å². The minimum atomic E-state index is 0.120. The first-order valence-corrected chi connectivity index (χ1v) is 14.5. The van der Waals surface area contributed by atoms with Crippen molar-refractivity contribution in [3.8, 4) is 39.9 Å². The van der Waals surface area contributed by atoms with Gasteiger partial charge in [0.1, 0.15) is 17.2 Å². The average molecular weight is 536 g/mol. The predicted octanol–water partition coefficient (Wildman–Crippen LogP) is 7.31. The Balaban J connectivity index is 1.32. The van der Waals surface area contributed by atoms with Gasteiger partial charge >= 0.3 is 0 Å². The largest absolute Gasteiger partial charge is 0.507 e. The lowest BCUT2D eigenvalue weighted by atomic mass is 9.92. The van der Waals surface area contributed by atoms with E-state index in [9.17, 15) is 10.2 Å². The van der Waals surface area contributed by atoms with Crippen molar-refractivity contribution >= 4 is 0 Å². The van der Waals surface area contributed by atoms with Crippen molar-refractivity contribution in [2.75, 3.05) is 26.2 Å². The predicted molar refractivity (Wildman–Crippen MR) is 159 cm³/mol. The van der Waals surface area contributed by atoms with Gasteiger partial charge in [0, 0.05) is 17.7 Å². The molecule has 5 nitrogen and oxygen atoms in total. The summed E-state index contributed by atoms with van der Waals surface area (Å²) >= 11 is 0. The van der Waals surface area contributed by atoms with Gasteiger partial charge in [-0.15, -0.1) is 0 Å². The Labute approximate surface area is 236 Å². The first kappa shape index (κ1) is 26.3. The summed E-state index contributed by atoms with van der Waals surface area (Å²) in [5.41, 5.74) is 6.25. The number of rotatable bonds is 5. The molecule has 9 rings (SSSR count). The summed E-state index contributed by atoms with van der Waals surface area (Å²) in [6.45, 7) is 4.11. The molecule has 0 aliphatic carbocycles. The van der Waals surface area contributed by atoms with E-state index < -0.39 is 0 Å². The van der Waals surface area contributed by atoms with Crippen LogP contribution in [0, 0.1) is 0 Å². The molecular weight excluding hydrogens is 498 g/mol. The van der Waals surface area contributed by atoms with Gasteiger partial charge in [0.2, 0.25) is 0 Å². The molecule has 0 spiro atoms. The molecule has 6 bridgehead atoms. The lowest BCUT2D eigenvalue weighted by molar-refractivity contribution is 0.264. The number of hydrogen-bond acceptors (Lipinski definition) is 5. The summed E-state index contributed by atoms with van der Waals surface area (Å²) in [4.78, 5) is 2.51. The van der Waals surface area contributed by atoms with Crippen LogP contribution in [-0.4, -0.2) is 41.4 Å². The van der Waals surface area contributed by atoms with Crippen LogP contribution in [0.3, 0.4) is 0 Å². The van der Waals surface area contributed by atoms with Crippen LogP contribution in [-0.2, 0) is 25.7 Å². The monoisotopic (exact) mass is 535 g/mol. The zero-order valence-electron chi connectivity index (χ0n) is 22.9. The van der Waals surface area contributed by atoms with Crippen molar-refractivity contribution in [1.82, 2.24) is 4.90 Å². The molecule has 40 heavy (non-hydrogen) atoms. The highest BCUT2D eigenvalue weighted by atomic mass is 16.5. The molecule has 0 unspecified atom stereocenters. The third-order valence-corrected chi connectivity index (χ3v) is 8.08. The second kappa shape index (κ2) is 12.1. The molecule has 0 saturated carbocycles. The number of phenols is 2. The summed E-state index contributed by atoms with van der Waals surface area (Å²) in [5.74, 6) is 2.37. The van der Waals surface area contributed by atoms with Gasteiger partial charge < -0.3 is 24.6 Å². The lowest BCUT2D eigenvalue weighted by Gasteiger charge is -2.19. The van der Waals surface area contributed by atoms with E-state index >= 15 is 0 Å². The van der Waals surface area contributed by atoms with Crippen LogP contribution in [0.2, 0.25) is 0 Å². The molecular formula is C35H37NO4. The van der Waals surface area contributed by atoms with Crippen LogP contribution < -0.4 is 9.47 Å². The molecule has 1 saturated heterocycles. The Kier molecular flexibility index (Phi) is 7.92. The number of ether oxygens (including phenoxy) is 2. The third kappa shape index (κ3) is 6.10. The molecule has 5 heterocycles. The first-order valence-electron chi connectivity index (χ1n) is 14.5. The Hall–Kier alpha value is -3.96. The molecule has 5 aliphatic heterocycles. The van der Waals surface area contributed by atoms with Crippen LogP contribution in [0.15, 0.2) is 78.9 Å². The fourth-order valence-corrected chi connectivity index (χ4v) is 5.85. The van der Waals surface area contributed by atoms with Crippen LogP contribution in [0.4, 0.5) is 0 Å². The highest BCUT2D eigenvalue weighted by Gasteiger charge is 2.18. The second-order valence-electron chi connectivity index (χ2n) is 10.9. The third-order valence-electron chi connectivity index (χ3n) is 8.08. The van der Waals surface area contributed by atoms with Crippen molar-refractivity contribution in [2.45, 2.75) is 44.9 Å². The summed E-state index contributed by atoms with van der Waals surface area (Å²) < 4.78 is 12.4. The van der Waals surface area contributed by atoms with Crippen LogP contribution in [0.1, 0.15) is 41.5 Å². The van der Waals surface area contributed by atoms with Crippen molar-refractivity contribution in [3.63, 3.8) is 0 Å². The molecule has 0 amide bonds. The minimum Gasteiger partial charge on any atom is -0.507 e. The van der Waals surface area contributed by atoms with Crippen molar-refractivity contribution in [3.05, 3.63) is 101 Å². The maximum atomic E-state index is 11.3. The maximum absolute atomic E-state index is 11.3. The SMILES string of the molecule is Oc1ccc2cc1Oc1ccc(cc1)CCc1cccc(OCCCN3CCCC3)c1-c1ccc(cc1O)CC2. The van der Waals surface area contributed by atoms with E-state index in [1.54, 1.807) is 6.07 Å². The van der Waals surface area contributed by atoms with Gasteiger partial charge in [-0.1, -0.05) is 42.5 Å². The Morgan fingerprint density at radius 1 is 0.725 bits per heavy atom. The molecule has 1 fully saturated rings. The van der Waals surface area contributed by atoms with Crippen LogP contribution in [0.5, 0.6) is 28.7 Å². The molecule has 5 heteroatoms. The number of nitrogens with zero attached hydrogens (tertiary/aromatic N) is 1. The van der Waals surface area contributed by atoms with E-state index in [-0.39, 0.29) is 11.5 Å². The van der Waals surface area contributed by atoms with E-state index in [2.05, 4.69) is 35.2 Å². The zero-order valence-corrected chi connectivity index (χ0v) is 22.9. The number of likely N-dealkylation sites (tertiary alicyclic amines) is 1. The Morgan fingerprint density at radius 3 is 2.25 bits per heavy atom. The van der Waals surface area contributed by atoms with Crippen LogP contribution >= 0.6 is 0 Å². The molecule has 0 atom stereocenters.